The second kappa shape index (κ2) is 12.2. The van der Waals surface area contributed by atoms with Gasteiger partial charge < -0.3 is 15.0 Å². The van der Waals surface area contributed by atoms with Crippen molar-refractivity contribution in [2.75, 3.05) is 6.61 Å². The number of nitrogens with zero attached hydrogens (tertiary/aromatic N) is 1. The van der Waals surface area contributed by atoms with Gasteiger partial charge in [-0.05, 0) is 43.4 Å². The van der Waals surface area contributed by atoms with Crippen LogP contribution < -0.4 is 10.1 Å². The molecule has 0 aliphatic rings. The highest BCUT2D eigenvalue weighted by Gasteiger charge is 2.31. The number of nitrogens with one attached hydrogen (secondary N) is 1. The van der Waals surface area contributed by atoms with Crippen molar-refractivity contribution in [2.45, 2.75) is 45.8 Å². The van der Waals surface area contributed by atoms with Crippen LogP contribution in [-0.4, -0.2) is 35.4 Å². The van der Waals surface area contributed by atoms with E-state index in [1.54, 1.807) is 4.90 Å². The van der Waals surface area contributed by atoms with Crippen LogP contribution >= 0.6 is 0 Å². The number of amides is 2. The van der Waals surface area contributed by atoms with Crippen LogP contribution in [0.4, 0.5) is 0 Å². The molecule has 190 valence electrons. The normalized spacial score (nSPS) is 11.8. The van der Waals surface area contributed by atoms with Crippen LogP contribution in [0, 0.1) is 6.92 Å². The van der Waals surface area contributed by atoms with Gasteiger partial charge in [0, 0.05) is 24.4 Å². The fourth-order valence-corrected chi connectivity index (χ4v) is 4.49. The van der Waals surface area contributed by atoms with E-state index in [1.807, 2.05) is 118 Å². The van der Waals surface area contributed by atoms with E-state index in [2.05, 4.69) is 5.32 Å². The largest absolute Gasteiger partial charge is 0.483 e. The summed E-state index contributed by atoms with van der Waals surface area (Å²) in [5.74, 6) is 0.229. The minimum atomic E-state index is -0.686. The van der Waals surface area contributed by atoms with Gasteiger partial charge in [0.05, 0.1) is 0 Å². The van der Waals surface area contributed by atoms with Crippen LogP contribution in [0.15, 0.2) is 97.1 Å². The van der Waals surface area contributed by atoms with Crippen LogP contribution in [-0.2, 0) is 22.6 Å². The molecule has 0 saturated heterocycles. The molecule has 5 heteroatoms. The third-order valence-electron chi connectivity index (χ3n) is 6.24. The second-order valence-electron chi connectivity index (χ2n) is 9.65. The van der Waals surface area contributed by atoms with Gasteiger partial charge in [-0.15, -0.1) is 0 Å². The number of carbonyl (C=O) groups excluding carboxylic acids is 2. The van der Waals surface area contributed by atoms with Crippen LogP contribution in [0.3, 0.4) is 0 Å². The van der Waals surface area contributed by atoms with E-state index < -0.39 is 6.04 Å². The summed E-state index contributed by atoms with van der Waals surface area (Å²) in [7, 11) is 0. The highest BCUT2D eigenvalue weighted by Crippen LogP contribution is 2.25. The molecule has 0 radical (unpaired) electrons. The second-order valence-corrected chi connectivity index (χ2v) is 9.65. The SMILES string of the molecule is Cc1cccc(CN(C(=O)COc2cccc3ccccc23)C(Cc2ccccc2)C(=O)NC(C)C)c1. The molecule has 0 aromatic heterocycles. The molecule has 0 heterocycles. The third kappa shape index (κ3) is 6.98. The predicted molar refractivity (Wildman–Crippen MR) is 148 cm³/mol. The van der Waals surface area contributed by atoms with Crippen LogP contribution in [0.1, 0.15) is 30.5 Å². The fourth-order valence-electron chi connectivity index (χ4n) is 4.49. The average Bonchev–Trinajstić information content (AvgIpc) is 2.89. The molecule has 0 bridgehead atoms. The van der Waals surface area contributed by atoms with Crippen molar-refractivity contribution in [2.24, 2.45) is 0 Å². The molecule has 1 unspecified atom stereocenters. The molecule has 0 spiro atoms. The summed E-state index contributed by atoms with van der Waals surface area (Å²) >= 11 is 0. The maximum Gasteiger partial charge on any atom is 0.261 e. The van der Waals surface area contributed by atoms with Gasteiger partial charge in [-0.25, -0.2) is 0 Å². The molecule has 1 N–H and O–H groups in total. The standard InChI is InChI=1S/C32H34N2O3/c1-23(2)33-32(36)29(20-25-12-5-4-6-13-25)34(21-26-14-9-11-24(3)19-26)31(35)22-37-30-18-10-16-27-15-7-8-17-28(27)30/h4-19,23,29H,20-22H2,1-3H3,(H,33,36). The lowest BCUT2D eigenvalue weighted by atomic mass is 10.0. The van der Waals surface area contributed by atoms with E-state index in [4.69, 9.17) is 4.74 Å². The van der Waals surface area contributed by atoms with Gasteiger partial charge in [-0.3, -0.25) is 9.59 Å². The van der Waals surface area contributed by atoms with E-state index in [9.17, 15) is 9.59 Å². The summed E-state index contributed by atoms with van der Waals surface area (Å²) in [6.45, 7) is 6.01. The molecule has 5 nitrogen and oxygen atoms in total. The van der Waals surface area contributed by atoms with Crippen LogP contribution in [0.2, 0.25) is 0 Å². The number of hydrogen-bond acceptors (Lipinski definition) is 3. The van der Waals surface area contributed by atoms with Crippen molar-refractivity contribution in [1.29, 1.82) is 0 Å². The Labute approximate surface area is 219 Å². The molecule has 4 rings (SSSR count). The molecule has 0 fully saturated rings. The number of rotatable bonds is 10. The van der Waals surface area contributed by atoms with E-state index in [0.717, 1.165) is 27.5 Å². The van der Waals surface area contributed by atoms with Gasteiger partial charge in [-0.1, -0.05) is 96.6 Å². The topological polar surface area (TPSA) is 58.6 Å². The van der Waals surface area contributed by atoms with E-state index in [1.165, 1.54) is 0 Å². The third-order valence-corrected chi connectivity index (χ3v) is 6.24. The molecular weight excluding hydrogens is 460 g/mol. The highest BCUT2D eigenvalue weighted by molar-refractivity contribution is 5.90. The van der Waals surface area contributed by atoms with Gasteiger partial charge in [0.1, 0.15) is 11.8 Å². The number of aryl methyl sites for hydroxylation is 1. The first-order valence-electron chi connectivity index (χ1n) is 12.7. The monoisotopic (exact) mass is 494 g/mol. The Bertz CT molecular complexity index is 1350. The Hall–Kier alpha value is -4.12. The average molecular weight is 495 g/mol. The maximum absolute atomic E-state index is 13.8. The summed E-state index contributed by atoms with van der Waals surface area (Å²) in [5, 5.41) is 5.01. The van der Waals surface area contributed by atoms with Crippen molar-refractivity contribution >= 4 is 22.6 Å². The first-order chi connectivity index (χ1) is 17.9. The zero-order valence-electron chi connectivity index (χ0n) is 21.7. The molecule has 0 aliphatic heterocycles. The number of hydrogen-bond donors (Lipinski definition) is 1. The maximum atomic E-state index is 13.8. The van der Waals surface area contributed by atoms with Crippen molar-refractivity contribution in [3.63, 3.8) is 0 Å². The lowest BCUT2D eigenvalue weighted by Gasteiger charge is -2.32. The summed E-state index contributed by atoms with van der Waals surface area (Å²) < 4.78 is 6.06. The fraction of sp³-hybridized carbons (Fsp3) is 0.250. The Morgan fingerprint density at radius 2 is 1.51 bits per heavy atom. The molecular formula is C32H34N2O3. The van der Waals surface area contributed by atoms with Gasteiger partial charge in [-0.2, -0.15) is 0 Å². The van der Waals surface area contributed by atoms with Crippen molar-refractivity contribution in [3.05, 3.63) is 114 Å². The summed E-state index contributed by atoms with van der Waals surface area (Å²) in [5.41, 5.74) is 3.06. The van der Waals surface area contributed by atoms with Gasteiger partial charge in [0.25, 0.3) is 5.91 Å². The number of carbonyl (C=O) groups is 2. The highest BCUT2D eigenvalue weighted by atomic mass is 16.5. The molecule has 1 atom stereocenters. The minimum absolute atomic E-state index is 0.0476. The molecule has 2 amide bonds. The lowest BCUT2D eigenvalue weighted by molar-refractivity contribution is -0.143. The first kappa shape index (κ1) is 26.0. The number of benzene rings is 4. The zero-order valence-corrected chi connectivity index (χ0v) is 21.7. The molecule has 4 aromatic rings. The quantitative estimate of drug-likeness (QED) is 0.308. The smallest absolute Gasteiger partial charge is 0.261 e. The minimum Gasteiger partial charge on any atom is -0.483 e. The molecule has 0 aliphatic carbocycles. The number of ether oxygens (including phenoxy) is 1. The van der Waals surface area contributed by atoms with E-state index in [-0.39, 0.29) is 24.5 Å². The van der Waals surface area contributed by atoms with E-state index in [0.29, 0.717) is 18.7 Å². The van der Waals surface area contributed by atoms with Crippen molar-refractivity contribution < 1.29 is 14.3 Å². The number of fused-ring (bicyclic) bond motifs is 1. The predicted octanol–water partition coefficient (Wildman–Crippen LogP) is 5.69. The Morgan fingerprint density at radius 1 is 0.838 bits per heavy atom. The lowest BCUT2D eigenvalue weighted by Crippen LogP contribution is -2.52. The molecule has 0 saturated carbocycles. The summed E-state index contributed by atoms with van der Waals surface area (Å²) in [4.78, 5) is 28.9. The van der Waals surface area contributed by atoms with Crippen molar-refractivity contribution in [1.82, 2.24) is 10.2 Å². The first-order valence-corrected chi connectivity index (χ1v) is 12.7. The molecule has 4 aromatic carbocycles. The van der Waals surface area contributed by atoms with Gasteiger partial charge in [0.2, 0.25) is 5.91 Å². The Kier molecular flexibility index (Phi) is 8.57. The summed E-state index contributed by atoms with van der Waals surface area (Å²) in [6.07, 6.45) is 0.408. The van der Waals surface area contributed by atoms with Crippen molar-refractivity contribution in [3.8, 4) is 5.75 Å². The van der Waals surface area contributed by atoms with Crippen LogP contribution in [0.25, 0.3) is 10.8 Å². The van der Waals surface area contributed by atoms with E-state index >= 15 is 0 Å². The Balaban J connectivity index is 1.64. The zero-order chi connectivity index (χ0) is 26.2. The Morgan fingerprint density at radius 3 is 2.27 bits per heavy atom. The molecule has 37 heavy (non-hydrogen) atoms. The van der Waals surface area contributed by atoms with Gasteiger partial charge >= 0.3 is 0 Å². The van der Waals surface area contributed by atoms with Crippen LogP contribution in [0.5, 0.6) is 5.75 Å². The summed E-state index contributed by atoms with van der Waals surface area (Å²) in [6, 6.07) is 30.8. The van der Waals surface area contributed by atoms with Gasteiger partial charge in [0.15, 0.2) is 6.61 Å².